The summed E-state index contributed by atoms with van der Waals surface area (Å²) in [5, 5.41) is 3.13. The lowest BCUT2D eigenvalue weighted by molar-refractivity contribution is -0.136. The largest absolute Gasteiger partial charge is 0.350 e. The van der Waals surface area contributed by atoms with E-state index < -0.39 is 5.82 Å². The zero-order valence-electron chi connectivity index (χ0n) is 14.8. The van der Waals surface area contributed by atoms with Gasteiger partial charge in [0.1, 0.15) is 5.82 Å². The van der Waals surface area contributed by atoms with E-state index in [-0.39, 0.29) is 37.0 Å². The molecule has 0 spiro atoms. The minimum Gasteiger partial charge on any atom is -0.350 e. The fourth-order valence-electron chi connectivity index (χ4n) is 2.12. The number of halogens is 2. The molecule has 0 bridgehead atoms. The van der Waals surface area contributed by atoms with Crippen LogP contribution in [0.2, 0.25) is 5.02 Å². The van der Waals surface area contributed by atoms with Crippen LogP contribution >= 0.6 is 11.6 Å². The number of likely N-dealkylation sites (N-methyl/N-ethyl adjacent to an activating group) is 2. The van der Waals surface area contributed by atoms with Gasteiger partial charge in [0, 0.05) is 29.7 Å². The maximum Gasteiger partial charge on any atom is 0.240 e. The van der Waals surface area contributed by atoms with E-state index in [1.54, 1.807) is 25.1 Å². The summed E-state index contributed by atoms with van der Waals surface area (Å²) in [6, 6.07) is 4.48. The molecule has 0 saturated heterocycles. The van der Waals surface area contributed by atoms with Crippen LogP contribution in [0.25, 0.3) is 0 Å². The van der Waals surface area contributed by atoms with E-state index in [1.165, 1.54) is 17.0 Å². The number of amides is 2. The van der Waals surface area contributed by atoms with Crippen molar-refractivity contribution in [2.24, 2.45) is 0 Å². The molecule has 0 fully saturated rings. The summed E-state index contributed by atoms with van der Waals surface area (Å²) < 4.78 is 13.8. The van der Waals surface area contributed by atoms with Crippen molar-refractivity contribution in [3.8, 4) is 0 Å². The molecule has 1 N–H and O–H groups in total. The first-order valence-corrected chi connectivity index (χ1v) is 8.04. The highest BCUT2D eigenvalue weighted by Crippen LogP contribution is 2.20. The van der Waals surface area contributed by atoms with Crippen LogP contribution in [0.1, 0.15) is 26.3 Å². The van der Waals surface area contributed by atoms with Gasteiger partial charge in [-0.15, -0.1) is 0 Å². The lowest BCUT2D eigenvalue weighted by Crippen LogP contribution is -2.47. The summed E-state index contributed by atoms with van der Waals surface area (Å²) in [7, 11) is 3.26. The van der Waals surface area contributed by atoms with Gasteiger partial charge in [-0.25, -0.2) is 4.39 Å². The second kappa shape index (κ2) is 8.44. The molecule has 0 aliphatic carbocycles. The molecule has 1 rings (SSSR count). The maximum atomic E-state index is 13.8. The fourth-order valence-corrected chi connectivity index (χ4v) is 2.34. The minimum atomic E-state index is -0.403. The predicted octanol–water partition coefficient (Wildman–Crippen LogP) is 2.28. The van der Waals surface area contributed by atoms with Crippen LogP contribution in [-0.4, -0.2) is 54.3 Å². The Hall–Kier alpha value is -1.66. The van der Waals surface area contributed by atoms with E-state index in [0.717, 1.165) is 0 Å². The predicted molar refractivity (Wildman–Crippen MR) is 93.3 cm³/mol. The third-order valence-corrected chi connectivity index (χ3v) is 3.57. The number of nitrogens with zero attached hydrogens (tertiary/aromatic N) is 2. The van der Waals surface area contributed by atoms with E-state index in [4.69, 9.17) is 11.6 Å². The maximum absolute atomic E-state index is 13.8. The number of nitrogens with one attached hydrogen (secondary N) is 1. The number of carbonyl (C=O) groups excluding carboxylic acids is 2. The van der Waals surface area contributed by atoms with Gasteiger partial charge in [0.15, 0.2) is 0 Å². The molecule has 0 aliphatic rings. The lowest BCUT2D eigenvalue weighted by Gasteiger charge is -2.25. The molecule has 134 valence electrons. The van der Waals surface area contributed by atoms with Crippen molar-refractivity contribution < 1.29 is 14.0 Å². The third-order valence-electron chi connectivity index (χ3n) is 3.22. The minimum absolute atomic E-state index is 0.0234. The van der Waals surface area contributed by atoms with Gasteiger partial charge in [-0.2, -0.15) is 0 Å². The van der Waals surface area contributed by atoms with E-state index in [1.807, 2.05) is 20.8 Å². The highest BCUT2D eigenvalue weighted by atomic mass is 35.5. The molecule has 0 saturated carbocycles. The Morgan fingerprint density at radius 3 is 2.38 bits per heavy atom. The summed E-state index contributed by atoms with van der Waals surface area (Å²) >= 11 is 5.99. The Kier molecular flexibility index (Phi) is 7.17. The second-order valence-corrected chi connectivity index (χ2v) is 7.33. The van der Waals surface area contributed by atoms with Crippen LogP contribution in [0.15, 0.2) is 18.2 Å². The van der Waals surface area contributed by atoms with Crippen molar-refractivity contribution in [3.05, 3.63) is 34.6 Å². The highest BCUT2D eigenvalue weighted by molar-refractivity contribution is 6.31. The van der Waals surface area contributed by atoms with Crippen LogP contribution in [0.3, 0.4) is 0 Å². The first-order valence-electron chi connectivity index (χ1n) is 7.66. The first kappa shape index (κ1) is 20.4. The lowest BCUT2D eigenvalue weighted by atomic mass is 10.1. The zero-order chi connectivity index (χ0) is 18.5. The van der Waals surface area contributed by atoms with Gasteiger partial charge in [0.2, 0.25) is 11.8 Å². The van der Waals surface area contributed by atoms with Gasteiger partial charge in [-0.1, -0.05) is 17.7 Å². The summed E-state index contributed by atoms with van der Waals surface area (Å²) in [6.45, 7) is 5.86. The van der Waals surface area contributed by atoms with Crippen LogP contribution in [0, 0.1) is 5.82 Å². The van der Waals surface area contributed by atoms with Gasteiger partial charge in [-0.05, 0) is 40.0 Å². The van der Waals surface area contributed by atoms with E-state index in [9.17, 15) is 14.0 Å². The average molecular weight is 358 g/mol. The van der Waals surface area contributed by atoms with Crippen LogP contribution in [0.5, 0.6) is 0 Å². The van der Waals surface area contributed by atoms with Gasteiger partial charge in [-0.3, -0.25) is 14.5 Å². The summed E-state index contributed by atoms with van der Waals surface area (Å²) in [5.74, 6) is -0.855. The van der Waals surface area contributed by atoms with E-state index >= 15 is 0 Å². The van der Waals surface area contributed by atoms with Crippen molar-refractivity contribution in [2.45, 2.75) is 32.9 Å². The monoisotopic (exact) mass is 357 g/mol. The van der Waals surface area contributed by atoms with E-state index in [0.29, 0.717) is 10.6 Å². The standard InChI is InChI=1S/C17H25ClFN3O2/c1-17(2,3)20-15(23)10-22(5)16(24)11-21(4)9-12-13(18)7-6-8-14(12)19/h6-8H,9-11H2,1-5H3,(H,20,23). The topological polar surface area (TPSA) is 52.7 Å². The van der Waals surface area contributed by atoms with Crippen LogP contribution < -0.4 is 5.32 Å². The molecule has 24 heavy (non-hydrogen) atoms. The Bertz CT molecular complexity index is 582. The van der Waals surface area contributed by atoms with Crippen molar-refractivity contribution in [1.29, 1.82) is 0 Å². The van der Waals surface area contributed by atoms with Crippen LogP contribution in [0.4, 0.5) is 4.39 Å². The molecule has 2 amide bonds. The first-order chi connectivity index (χ1) is 11.0. The van der Waals surface area contributed by atoms with Gasteiger partial charge < -0.3 is 10.2 Å². The second-order valence-electron chi connectivity index (χ2n) is 6.92. The number of hydrogen-bond donors (Lipinski definition) is 1. The normalized spacial score (nSPS) is 11.5. The number of carbonyl (C=O) groups is 2. The molecule has 0 heterocycles. The Morgan fingerprint density at radius 2 is 1.83 bits per heavy atom. The molecule has 5 nitrogen and oxygen atoms in total. The molecule has 0 radical (unpaired) electrons. The number of benzene rings is 1. The molecule has 0 atom stereocenters. The Balaban J connectivity index is 2.56. The van der Waals surface area contributed by atoms with Crippen molar-refractivity contribution in [2.75, 3.05) is 27.2 Å². The molecule has 1 aromatic carbocycles. The third kappa shape index (κ3) is 6.84. The molecular weight excluding hydrogens is 333 g/mol. The summed E-state index contributed by atoms with van der Waals surface area (Å²) in [5.41, 5.74) is 0.00176. The SMILES string of the molecule is CN(CC(=O)N(C)CC(=O)NC(C)(C)C)Cc1c(F)cccc1Cl. The van der Waals surface area contributed by atoms with Crippen molar-refractivity contribution >= 4 is 23.4 Å². The molecule has 1 aromatic rings. The average Bonchev–Trinajstić information content (AvgIpc) is 2.40. The zero-order valence-corrected chi connectivity index (χ0v) is 15.6. The molecule has 7 heteroatoms. The molecule has 0 aromatic heterocycles. The quantitative estimate of drug-likeness (QED) is 0.849. The number of rotatable bonds is 6. The highest BCUT2D eigenvalue weighted by Gasteiger charge is 2.19. The van der Waals surface area contributed by atoms with Crippen LogP contribution in [-0.2, 0) is 16.1 Å². The summed E-state index contributed by atoms with van der Waals surface area (Å²) in [4.78, 5) is 27.1. The van der Waals surface area contributed by atoms with Gasteiger partial charge in [0.25, 0.3) is 0 Å². The van der Waals surface area contributed by atoms with Gasteiger partial charge in [0.05, 0.1) is 13.1 Å². The Morgan fingerprint density at radius 1 is 1.21 bits per heavy atom. The van der Waals surface area contributed by atoms with E-state index in [2.05, 4.69) is 5.32 Å². The van der Waals surface area contributed by atoms with Crippen molar-refractivity contribution in [3.63, 3.8) is 0 Å². The van der Waals surface area contributed by atoms with Gasteiger partial charge >= 0.3 is 0 Å². The molecule has 0 unspecified atom stereocenters. The molecule has 0 aliphatic heterocycles. The smallest absolute Gasteiger partial charge is 0.240 e. The fraction of sp³-hybridized carbons (Fsp3) is 0.529. The van der Waals surface area contributed by atoms with Crippen molar-refractivity contribution in [1.82, 2.24) is 15.1 Å². The number of hydrogen-bond acceptors (Lipinski definition) is 3. The Labute approximate surface area is 147 Å². The molecular formula is C17H25ClFN3O2. The summed E-state index contributed by atoms with van der Waals surface area (Å²) in [6.07, 6.45) is 0.